The van der Waals surface area contributed by atoms with Crippen molar-refractivity contribution in [3.05, 3.63) is 65.1 Å². The van der Waals surface area contributed by atoms with Gasteiger partial charge in [0.25, 0.3) is 5.91 Å². The molecule has 128 valence electrons. The number of thioether (sulfide) groups is 1. The quantitative estimate of drug-likeness (QED) is 0.398. The zero-order valence-corrected chi connectivity index (χ0v) is 15.1. The zero-order valence-electron chi connectivity index (χ0n) is 13.5. The highest BCUT2D eigenvalue weighted by atomic mass is 32.2. The van der Waals surface area contributed by atoms with Gasteiger partial charge in [-0.25, -0.2) is 0 Å². The van der Waals surface area contributed by atoms with Gasteiger partial charge in [0.1, 0.15) is 4.32 Å². The van der Waals surface area contributed by atoms with Gasteiger partial charge in [-0.05, 0) is 39.3 Å². The van der Waals surface area contributed by atoms with Gasteiger partial charge in [-0.1, -0.05) is 72.5 Å². The van der Waals surface area contributed by atoms with E-state index >= 15 is 0 Å². The molecule has 0 aliphatic carbocycles. The van der Waals surface area contributed by atoms with E-state index in [2.05, 4.69) is 6.07 Å². The monoisotopic (exact) mass is 378 g/mol. The van der Waals surface area contributed by atoms with Gasteiger partial charge < -0.3 is 9.90 Å². The summed E-state index contributed by atoms with van der Waals surface area (Å²) in [6.07, 6.45) is 1.80. The summed E-state index contributed by atoms with van der Waals surface area (Å²) in [5.74, 6) is -1.74. The molecule has 0 bridgehead atoms. The van der Waals surface area contributed by atoms with Crippen molar-refractivity contribution in [1.82, 2.24) is 4.90 Å². The fraction of sp³-hybridized carbons (Fsp3) is 0.0500. The Balaban J connectivity index is 1.91. The summed E-state index contributed by atoms with van der Waals surface area (Å²) in [5, 5.41) is 15.1. The van der Waals surface area contributed by atoms with Crippen LogP contribution in [0.5, 0.6) is 0 Å². The molecule has 1 aliphatic rings. The molecule has 0 saturated carbocycles. The zero-order chi connectivity index (χ0) is 18.3. The maximum atomic E-state index is 12.6. The fourth-order valence-electron chi connectivity index (χ4n) is 3.10. The Morgan fingerprint density at radius 3 is 2.23 bits per heavy atom. The number of carboxylic acids is 1. The van der Waals surface area contributed by atoms with E-state index in [4.69, 9.17) is 12.2 Å². The molecule has 3 aromatic carbocycles. The molecule has 0 N–H and O–H groups in total. The minimum atomic E-state index is -1.34. The SMILES string of the molecule is O=C([O-])CN1C(=O)/C(=C\c2c3ccccc3cc3ccccc23)SC1=S. The van der Waals surface area contributed by atoms with Crippen LogP contribution in [0.15, 0.2) is 59.5 Å². The first-order valence-electron chi connectivity index (χ1n) is 7.90. The highest BCUT2D eigenvalue weighted by Crippen LogP contribution is 2.36. The number of aliphatic carboxylic acids is 1. The van der Waals surface area contributed by atoms with Crippen LogP contribution in [0.1, 0.15) is 5.56 Å². The first kappa shape index (κ1) is 16.8. The number of nitrogens with zero attached hydrogens (tertiary/aromatic N) is 1. The molecule has 1 saturated heterocycles. The van der Waals surface area contributed by atoms with Crippen molar-refractivity contribution < 1.29 is 14.7 Å². The molecule has 0 atom stereocenters. The Morgan fingerprint density at radius 1 is 1.08 bits per heavy atom. The molecule has 0 aromatic heterocycles. The van der Waals surface area contributed by atoms with Crippen LogP contribution in [0.2, 0.25) is 0 Å². The number of carbonyl (C=O) groups excluding carboxylic acids is 2. The average Bonchev–Trinajstić information content (AvgIpc) is 2.88. The molecule has 3 aromatic rings. The molecule has 1 fully saturated rings. The second kappa shape index (κ2) is 6.55. The first-order valence-corrected chi connectivity index (χ1v) is 9.13. The van der Waals surface area contributed by atoms with E-state index in [9.17, 15) is 14.7 Å². The molecule has 4 rings (SSSR count). The van der Waals surface area contributed by atoms with Crippen molar-refractivity contribution in [1.29, 1.82) is 0 Å². The van der Waals surface area contributed by atoms with Gasteiger partial charge in [-0.3, -0.25) is 9.69 Å². The number of carboxylic acid groups (broad SMARTS) is 1. The van der Waals surface area contributed by atoms with Crippen molar-refractivity contribution in [2.45, 2.75) is 0 Å². The van der Waals surface area contributed by atoms with E-state index in [0.29, 0.717) is 4.91 Å². The lowest BCUT2D eigenvalue weighted by atomic mass is 9.96. The van der Waals surface area contributed by atoms with Crippen molar-refractivity contribution in [2.24, 2.45) is 0 Å². The summed E-state index contributed by atoms with van der Waals surface area (Å²) in [7, 11) is 0. The Morgan fingerprint density at radius 2 is 1.65 bits per heavy atom. The van der Waals surface area contributed by atoms with Crippen LogP contribution < -0.4 is 5.11 Å². The summed E-state index contributed by atoms with van der Waals surface area (Å²) >= 11 is 6.27. The molecule has 4 nitrogen and oxygen atoms in total. The van der Waals surface area contributed by atoms with Gasteiger partial charge in [-0.15, -0.1) is 0 Å². The van der Waals surface area contributed by atoms with Gasteiger partial charge in [-0.2, -0.15) is 0 Å². The summed E-state index contributed by atoms with van der Waals surface area (Å²) in [4.78, 5) is 24.9. The number of benzene rings is 3. The number of hydrogen-bond donors (Lipinski definition) is 0. The Labute approximate surface area is 159 Å². The van der Waals surface area contributed by atoms with Gasteiger partial charge in [0, 0.05) is 0 Å². The van der Waals surface area contributed by atoms with Crippen LogP contribution in [-0.2, 0) is 9.59 Å². The number of thiocarbonyl (C=S) groups is 1. The van der Waals surface area contributed by atoms with Crippen molar-refractivity contribution in [3.8, 4) is 0 Å². The molecule has 0 radical (unpaired) electrons. The van der Waals surface area contributed by atoms with Crippen molar-refractivity contribution in [2.75, 3.05) is 6.54 Å². The summed E-state index contributed by atoms with van der Waals surface area (Å²) in [6.45, 7) is -0.529. The second-order valence-electron chi connectivity index (χ2n) is 5.87. The van der Waals surface area contributed by atoms with Crippen LogP contribution in [0.3, 0.4) is 0 Å². The van der Waals surface area contributed by atoms with E-state index in [-0.39, 0.29) is 4.32 Å². The van der Waals surface area contributed by atoms with Gasteiger partial charge in [0.05, 0.1) is 17.4 Å². The van der Waals surface area contributed by atoms with Crippen molar-refractivity contribution in [3.63, 3.8) is 0 Å². The lowest BCUT2D eigenvalue weighted by molar-refractivity contribution is -0.305. The first-order chi connectivity index (χ1) is 12.5. The van der Waals surface area contributed by atoms with Crippen LogP contribution in [0, 0.1) is 0 Å². The minimum absolute atomic E-state index is 0.231. The lowest BCUT2D eigenvalue weighted by Crippen LogP contribution is -2.40. The molecule has 0 spiro atoms. The normalized spacial score (nSPS) is 16.2. The molecule has 26 heavy (non-hydrogen) atoms. The predicted molar refractivity (Wildman–Crippen MR) is 106 cm³/mol. The molecule has 1 heterocycles. The molecular weight excluding hydrogens is 366 g/mol. The highest BCUT2D eigenvalue weighted by molar-refractivity contribution is 8.26. The highest BCUT2D eigenvalue weighted by Gasteiger charge is 2.32. The topological polar surface area (TPSA) is 60.4 Å². The van der Waals surface area contributed by atoms with Crippen LogP contribution >= 0.6 is 24.0 Å². The Hall–Kier alpha value is -2.70. The predicted octanol–water partition coefficient (Wildman–Crippen LogP) is 2.94. The molecule has 6 heteroatoms. The number of rotatable bonds is 3. The number of carbonyl (C=O) groups is 2. The van der Waals surface area contributed by atoms with E-state index in [1.165, 1.54) is 0 Å². The van der Waals surface area contributed by atoms with E-state index in [0.717, 1.165) is 43.8 Å². The Kier molecular flexibility index (Phi) is 4.22. The molecule has 1 amide bonds. The van der Waals surface area contributed by atoms with E-state index < -0.39 is 18.4 Å². The average molecular weight is 378 g/mol. The summed E-state index contributed by atoms with van der Waals surface area (Å²) < 4.78 is 0.231. The maximum absolute atomic E-state index is 12.6. The third kappa shape index (κ3) is 2.87. The second-order valence-corrected chi connectivity index (χ2v) is 7.55. The van der Waals surface area contributed by atoms with Crippen LogP contribution in [0.25, 0.3) is 27.6 Å². The molecule has 0 unspecified atom stereocenters. The third-order valence-electron chi connectivity index (χ3n) is 4.25. The molecular formula is C20H12NO3S2-. The maximum Gasteiger partial charge on any atom is 0.266 e. The third-order valence-corrected chi connectivity index (χ3v) is 5.63. The van der Waals surface area contributed by atoms with E-state index in [1.54, 1.807) is 6.08 Å². The van der Waals surface area contributed by atoms with E-state index in [1.807, 2.05) is 48.5 Å². The van der Waals surface area contributed by atoms with Gasteiger partial charge in [0.2, 0.25) is 0 Å². The van der Waals surface area contributed by atoms with Crippen molar-refractivity contribution >= 4 is 67.8 Å². The number of amides is 1. The number of hydrogen-bond acceptors (Lipinski definition) is 5. The summed E-state index contributed by atoms with van der Waals surface area (Å²) in [6, 6.07) is 18.0. The van der Waals surface area contributed by atoms with Gasteiger partial charge in [0.15, 0.2) is 0 Å². The largest absolute Gasteiger partial charge is 0.548 e. The fourth-order valence-corrected chi connectivity index (χ4v) is 4.34. The lowest BCUT2D eigenvalue weighted by Gasteiger charge is -2.14. The minimum Gasteiger partial charge on any atom is -0.548 e. The number of fused-ring (bicyclic) bond motifs is 2. The standard InChI is InChI=1S/C20H13NO3S2/c22-18(23)11-21-19(24)17(26-20(21)25)10-16-14-7-3-1-5-12(14)9-13-6-2-4-8-15(13)16/h1-10H,11H2,(H,22,23)/p-1/b17-10+. The van der Waals surface area contributed by atoms with Gasteiger partial charge >= 0.3 is 0 Å². The summed E-state index contributed by atoms with van der Waals surface area (Å²) in [5.41, 5.74) is 0.924. The van der Waals surface area contributed by atoms with Crippen LogP contribution in [-0.4, -0.2) is 27.6 Å². The molecule has 1 aliphatic heterocycles. The smallest absolute Gasteiger partial charge is 0.266 e. The van der Waals surface area contributed by atoms with Crippen LogP contribution in [0.4, 0.5) is 0 Å². The Bertz CT molecular complexity index is 1070.